The number of hydrogen-bond donors (Lipinski definition) is 13. The molecule has 5 heterocycles. The highest BCUT2D eigenvalue weighted by atomic mass is 32.2. The summed E-state index contributed by atoms with van der Waals surface area (Å²) in [4.78, 5) is 236. The minimum absolute atomic E-state index is 0.0602. The summed E-state index contributed by atoms with van der Waals surface area (Å²) in [6, 6.07) is 26.1. The maximum atomic E-state index is 15.8. The van der Waals surface area contributed by atoms with E-state index in [1.807, 2.05) is 6.92 Å². The Morgan fingerprint density at radius 3 is 1.75 bits per heavy atom. The van der Waals surface area contributed by atoms with E-state index in [9.17, 15) is 29.7 Å². The number of aliphatic hydroxyl groups excluding tert-OH is 1. The number of H-pyrrole nitrogens is 1. The van der Waals surface area contributed by atoms with Crippen molar-refractivity contribution < 1.29 is 87.2 Å². The van der Waals surface area contributed by atoms with Gasteiger partial charge in [-0.05, 0) is 95.2 Å². The van der Waals surface area contributed by atoms with Crippen LogP contribution in [0.25, 0.3) is 10.9 Å². The molecule has 13 atom stereocenters. The number of nitrogens with two attached hydrogens (primary N) is 1. The molecule has 11 rings (SSSR count). The van der Waals surface area contributed by atoms with Gasteiger partial charge in [0.2, 0.25) is 88.6 Å². The van der Waals surface area contributed by atoms with Crippen LogP contribution < -0.4 is 53.2 Å². The number of unbranched alkanes of at least 4 members (excludes halogenated alkanes) is 1. The van der Waals surface area contributed by atoms with Gasteiger partial charge in [-0.2, -0.15) is 0 Å². The predicted octanol–water partition coefficient (Wildman–Crippen LogP) is 2.75. The third kappa shape index (κ3) is 25.2. The van der Waals surface area contributed by atoms with Gasteiger partial charge in [-0.15, -0.1) is 11.8 Å². The van der Waals surface area contributed by atoms with Gasteiger partial charge in [-0.1, -0.05) is 175 Å². The summed E-state index contributed by atoms with van der Waals surface area (Å²) in [6.07, 6.45) is 0.530. The first kappa shape index (κ1) is 97.4. The number of phenolic OH excluding ortho intramolecular Hbond substituents is 2. The molecule has 34 nitrogen and oxygen atoms in total. The number of thioether (sulfide) groups is 1. The summed E-state index contributed by atoms with van der Waals surface area (Å²) >= 11 is 0.850. The monoisotopic (exact) mass is 1800 g/mol. The molecule has 1 aromatic heterocycles. The number of amides is 15. The molecule has 6 aromatic carbocycles. The lowest BCUT2D eigenvalue weighted by atomic mass is 9.95. The summed E-state index contributed by atoms with van der Waals surface area (Å²) in [6.45, 7) is 6.95. The molecular formula is C95H118N16O18S. The number of phenols is 2. The number of para-hydroxylation sites is 1. The number of carbonyl (C=O) groups is 15. The van der Waals surface area contributed by atoms with Gasteiger partial charge in [0, 0.05) is 108 Å². The smallest absolute Gasteiger partial charge is 0.250 e. The number of aromatic nitrogens is 1. The third-order valence-electron chi connectivity index (χ3n) is 24.2. The minimum Gasteiger partial charge on any atom is -0.508 e. The molecule has 4 aliphatic heterocycles. The Balaban J connectivity index is 0.967. The number of anilines is 1. The first-order valence-electron chi connectivity index (χ1n) is 44.1. The number of rotatable bonds is 19. The Kier molecular flexibility index (Phi) is 33.9. The van der Waals surface area contributed by atoms with Crippen LogP contribution in [0.2, 0.25) is 0 Å². The number of aliphatic hydroxyl groups is 1. The second-order valence-corrected chi connectivity index (χ2v) is 35.6. The first-order chi connectivity index (χ1) is 62.1. The zero-order valence-electron chi connectivity index (χ0n) is 74.3. The standard InChI is InChI=1S/C95H118N16O18S/c1-9-10-31-74-93(127)109-39-22-32-75(109)94(128)110-51-65(114)48-78(110)89(123)105-83(56(4)5)95(129)107(7)77(43-58-25-16-12-17-26-58)88(122)103-72-45-61-35-38-64(113)47-76(61)111(91(72)125)52-81(116)99-70(46-62-49-97-67-30-21-20-29-66(62)67)87(121)102-69(41-60-33-36-63(112)37-34-60)86(120)101-68(40-55(2)3)85(119)104-73(84(118)98-50-80(96)115)53-130-54-82(117)100-71(42-57-23-14-11-15-24-57)90(124)108(8)79(92(126)106(74)6)44-59-27-18-13-19-28-59/h11-21,23-30,33-38,47,49,55-56,65,68-75,77-79,83,97,112-114H,9-10,22,31-32,39-46,48,50-54H2,1-8H3,(H2,96,115)(H,98,118)(H,99,116)(H,100,117)(H,101,120)(H,102,121)(H,103,122)(H,104,119)(H,105,123)/t65-,68+,69?,70+,71+,72+,73+,74+,75-,77+,78+,79+,83+/m1/s1. The van der Waals surface area contributed by atoms with Crippen molar-refractivity contribution in [1.82, 2.24) is 72.0 Å². The fourth-order valence-corrected chi connectivity index (χ4v) is 18.0. The zero-order valence-corrected chi connectivity index (χ0v) is 75.1. The SMILES string of the molecule is CCCC[C@H]1C(=O)N2CCC[C@@H]2C(=O)N2C[C@H](O)C[C@H]2C(=O)N[C@@H](C(C)C)C(=O)N(C)[C@@H](Cc2ccccc2)C(=O)N[C@H]2Cc3ccc(O)cc3N(CC(=O)N[C@@H](Cc3c[nH]c4ccccc34)C(=O)NC(Cc3ccc(O)cc3)C(=O)N[C@@H](CC(C)C)C(=O)N[C@H](C(=O)NCC(N)=O)CSCC(=O)N[C@@H](Cc3ccccc3)C(=O)N(C)[C@@H](Cc3ccccc3)C(=O)N1C)C2=O. The van der Waals surface area contributed by atoms with Crippen molar-refractivity contribution >= 4 is 117 Å². The number of likely N-dealkylation sites (N-methyl/N-ethyl adjacent to an activating group) is 3. The van der Waals surface area contributed by atoms with Gasteiger partial charge in [-0.25, -0.2) is 0 Å². The molecule has 692 valence electrons. The maximum absolute atomic E-state index is 15.8. The number of nitrogens with one attached hydrogen (secondary N) is 9. The number of benzene rings is 6. The van der Waals surface area contributed by atoms with Crippen LogP contribution in [-0.4, -0.2) is 271 Å². The topological polar surface area (TPSA) is 474 Å². The fraction of sp³-hybridized carbons (Fsp3) is 0.442. The van der Waals surface area contributed by atoms with E-state index >= 15 is 57.5 Å². The molecule has 3 saturated heterocycles. The molecule has 0 aliphatic carbocycles. The average Bonchev–Trinajstić information content (AvgIpc) is 1.24. The van der Waals surface area contributed by atoms with E-state index in [0.29, 0.717) is 63.5 Å². The van der Waals surface area contributed by atoms with Gasteiger partial charge in [-0.3, -0.25) is 71.9 Å². The highest BCUT2D eigenvalue weighted by Crippen LogP contribution is 2.34. The van der Waals surface area contributed by atoms with E-state index in [4.69, 9.17) is 5.73 Å². The van der Waals surface area contributed by atoms with Crippen LogP contribution in [0.15, 0.2) is 164 Å². The first-order valence-corrected chi connectivity index (χ1v) is 45.2. The van der Waals surface area contributed by atoms with E-state index in [2.05, 4.69) is 47.5 Å². The molecule has 35 heteroatoms. The van der Waals surface area contributed by atoms with Crippen molar-refractivity contribution in [2.45, 2.75) is 197 Å². The molecule has 0 saturated carbocycles. The average molecular weight is 1800 g/mol. The fourth-order valence-electron chi connectivity index (χ4n) is 17.1. The second kappa shape index (κ2) is 45.2. The lowest BCUT2D eigenvalue weighted by molar-refractivity contribution is -0.154. The zero-order chi connectivity index (χ0) is 93.7. The highest BCUT2D eigenvalue weighted by molar-refractivity contribution is 8.00. The van der Waals surface area contributed by atoms with Crippen LogP contribution >= 0.6 is 11.8 Å². The van der Waals surface area contributed by atoms with Crippen LogP contribution in [0.5, 0.6) is 11.5 Å². The Labute approximate surface area is 759 Å². The number of fused-ring (bicyclic) bond motifs is 7. The lowest BCUT2D eigenvalue weighted by Crippen LogP contribution is -2.62. The quantitative estimate of drug-likeness (QED) is 0.0553. The largest absolute Gasteiger partial charge is 0.508 e. The van der Waals surface area contributed by atoms with Crippen molar-refractivity contribution in [2.24, 2.45) is 17.6 Å². The van der Waals surface area contributed by atoms with Crippen LogP contribution in [0, 0.1) is 11.8 Å². The molecule has 130 heavy (non-hydrogen) atoms. The number of carbonyl (C=O) groups excluding carboxylic acids is 15. The molecule has 0 spiro atoms. The van der Waals surface area contributed by atoms with Crippen molar-refractivity contribution in [1.29, 1.82) is 0 Å². The maximum Gasteiger partial charge on any atom is 0.250 e. The van der Waals surface area contributed by atoms with Crippen LogP contribution in [-0.2, 0) is 110 Å². The highest BCUT2D eigenvalue weighted by Gasteiger charge is 2.49. The Hall–Kier alpha value is -13.2. The molecule has 14 N–H and O–H groups in total. The summed E-state index contributed by atoms with van der Waals surface area (Å²) < 4.78 is 0. The predicted molar refractivity (Wildman–Crippen MR) is 486 cm³/mol. The number of hydrogen-bond acceptors (Lipinski definition) is 19. The van der Waals surface area contributed by atoms with Crippen molar-refractivity contribution in [3.63, 3.8) is 0 Å². The van der Waals surface area contributed by atoms with E-state index in [0.717, 1.165) is 21.6 Å². The Bertz CT molecular complexity index is 5240. The molecule has 15 amide bonds. The summed E-state index contributed by atoms with van der Waals surface area (Å²) in [5.41, 5.74) is 9.32. The van der Waals surface area contributed by atoms with Gasteiger partial charge in [0.25, 0.3) is 0 Å². The number of primary amides is 1. The van der Waals surface area contributed by atoms with E-state index in [-0.39, 0.29) is 106 Å². The molecule has 4 aliphatic rings. The summed E-state index contributed by atoms with van der Waals surface area (Å²) in [5.74, 6) is -14.6. The summed E-state index contributed by atoms with van der Waals surface area (Å²) in [5, 5.41) is 55.6. The van der Waals surface area contributed by atoms with Gasteiger partial charge in [0.1, 0.15) is 90.5 Å². The van der Waals surface area contributed by atoms with Crippen LogP contribution in [0.4, 0.5) is 5.69 Å². The molecule has 1 unspecified atom stereocenters. The van der Waals surface area contributed by atoms with Gasteiger partial charge < -0.3 is 98.0 Å². The lowest BCUT2D eigenvalue weighted by Gasteiger charge is -2.38. The Morgan fingerprint density at radius 1 is 0.538 bits per heavy atom. The number of aromatic amines is 1. The van der Waals surface area contributed by atoms with E-state index < -0.39 is 192 Å². The third-order valence-corrected chi connectivity index (χ3v) is 25.2. The Morgan fingerprint density at radius 2 is 1.11 bits per heavy atom. The molecule has 3 fully saturated rings. The van der Waals surface area contributed by atoms with Crippen molar-refractivity contribution in [3.05, 3.63) is 197 Å². The van der Waals surface area contributed by atoms with Crippen molar-refractivity contribution in [2.75, 3.05) is 63.7 Å². The number of nitrogens with zero attached hydrogens (tertiary/aromatic N) is 6. The van der Waals surface area contributed by atoms with Crippen LogP contribution in [0.1, 0.15) is 113 Å². The summed E-state index contributed by atoms with van der Waals surface area (Å²) in [7, 11) is 4.24. The van der Waals surface area contributed by atoms with Crippen LogP contribution in [0.3, 0.4) is 0 Å². The number of aromatic hydroxyl groups is 2. The van der Waals surface area contributed by atoms with Gasteiger partial charge >= 0.3 is 0 Å². The van der Waals surface area contributed by atoms with E-state index in [1.165, 1.54) is 83.2 Å². The molecule has 2 bridgehead atoms. The van der Waals surface area contributed by atoms with Gasteiger partial charge in [0.05, 0.1) is 24.1 Å². The van der Waals surface area contributed by atoms with Crippen molar-refractivity contribution in [3.8, 4) is 11.5 Å². The normalized spacial score (nSPS) is 24.2. The second-order valence-electron chi connectivity index (χ2n) is 34.6. The minimum atomic E-state index is -1.60. The molecule has 0 radical (unpaired) electrons. The van der Waals surface area contributed by atoms with E-state index in [1.54, 1.807) is 149 Å². The van der Waals surface area contributed by atoms with Gasteiger partial charge in [0.15, 0.2) is 0 Å². The molecular weight excluding hydrogens is 1690 g/mol. The molecule has 7 aromatic rings.